The van der Waals surface area contributed by atoms with Crippen LogP contribution in [0.15, 0.2) is 33.7 Å². The van der Waals surface area contributed by atoms with Crippen LogP contribution in [0, 0.1) is 0 Å². The minimum absolute atomic E-state index is 0.0884. The molecule has 1 aromatic rings. The number of hydrogen-bond donors (Lipinski definition) is 1. The molecule has 1 unspecified atom stereocenters. The number of rotatable bonds is 2. The Morgan fingerprint density at radius 1 is 1.44 bits per heavy atom. The summed E-state index contributed by atoms with van der Waals surface area (Å²) in [4.78, 5) is 2.55. The molecule has 1 saturated heterocycles. The zero-order valence-corrected chi connectivity index (χ0v) is 13.3. The third-order valence-corrected chi connectivity index (χ3v) is 5.04. The summed E-state index contributed by atoms with van der Waals surface area (Å²) < 4.78 is 2.27. The normalized spacial score (nSPS) is 26.3. The molecule has 0 spiro atoms. The van der Waals surface area contributed by atoms with Gasteiger partial charge in [-0.05, 0) is 46.5 Å². The number of anilines is 1. The van der Waals surface area contributed by atoms with E-state index in [0.29, 0.717) is 0 Å². The molecule has 2 aliphatic heterocycles. The van der Waals surface area contributed by atoms with Crippen molar-refractivity contribution in [2.24, 2.45) is 0 Å². The van der Waals surface area contributed by atoms with Crippen LogP contribution in [0.1, 0.15) is 24.8 Å². The van der Waals surface area contributed by atoms with E-state index in [2.05, 4.69) is 60.8 Å². The summed E-state index contributed by atoms with van der Waals surface area (Å²) in [5.41, 5.74) is 2.70. The highest BCUT2D eigenvalue weighted by Gasteiger charge is 2.43. The number of fused-ring (bicyclic) bond motifs is 2. The minimum Gasteiger partial charge on any atom is -0.366 e. The Balaban J connectivity index is 2.05. The lowest BCUT2D eigenvalue weighted by molar-refractivity contribution is 0.149. The SMILES string of the molecule is C=CCC12CCCN1Cc1cc(Br)cc(Br)c1N2. The van der Waals surface area contributed by atoms with E-state index in [4.69, 9.17) is 0 Å². The summed E-state index contributed by atoms with van der Waals surface area (Å²) in [6.07, 6.45) is 5.48. The van der Waals surface area contributed by atoms with Gasteiger partial charge in [-0.15, -0.1) is 6.58 Å². The zero-order valence-electron chi connectivity index (χ0n) is 10.2. The van der Waals surface area contributed by atoms with Gasteiger partial charge in [0.1, 0.15) is 0 Å². The maximum Gasteiger partial charge on any atom is 0.0945 e. The van der Waals surface area contributed by atoms with Gasteiger partial charge in [-0.25, -0.2) is 0 Å². The van der Waals surface area contributed by atoms with Crippen molar-refractivity contribution in [1.29, 1.82) is 0 Å². The van der Waals surface area contributed by atoms with Crippen molar-refractivity contribution in [2.75, 3.05) is 11.9 Å². The predicted octanol–water partition coefficient (Wildman–Crippen LogP) is 4.51. The summed E-state index contributed by atoms with van der Waals surface area (Å²) in [6.45, 7) is 6.11. The van der Waals surface area contributed by atoms with Crippen LogP contribution in [-0.2, 0) is 6.54 Å². The first-order valence-electron chi connectivity index (χ1n) is 6.27. The highest BCUT2D eigenvalue weighted by Crippen LogP contribution is 2.44. The van der Waals surface area contributed by atoms with E-state index in [1.54, 1.807) is 0 Å². The first-order chi connectivity index (χ1) is 8.64. The second-order valence-corrected chi connectivity index (χ2v) is 6.87. The Morgan fingerprint density at radius 2 is 2.28 bits per heavy atom. The molecular formula is C14H16Br2N2. The minimum atomic E-state index is 0.0884. The zero-order chi connectivity index (χ0) is 12.8. The number of nitrogens with zero attached hydrogens (tertiary/aromatic N) is 1. The fraction of sp³-hybridized carbons (Fsp3) is 0.429. The lowest BCUT2D eigenvalue weighted by Crippen LogP contribution is -2.52. The Bertz CT molecular complexity index is 501. The summed E-state index contributed by atoms with van der Waals surface area (Å²) >= 11 is 7.23. The van der Waals surface area contributed by atoms with Crippen molar-refractivity contribution in [3.8, 4) is 0 Å². The molecule has 1 aromatic carbocycles. The second-order valence-electron chi connectivity index (χ2n) is 5.10. The van der Waals surface area contributed by atoms with Crippen LogP contribution in [0.5, 0.6) is 0 Å². The molecule has 2 aliphatic rings. The fourth-order valence-electron chi connectivity index (χ4n) is 3.16. The smallest absolute Gasteiger partial charge is 0.0945 e. The number of hydrogen-bond acceptors (Lipinski definition) is 2. The van der Waals surface area contributed by atoms with Crippen LogP contribution in [0.25, 0.3) is 0 Å². The van der Waals surface area contributed by atoms with Crippen molar-refractivity contribution in [1.82, 2.24) is 4.90 Å². The average molecular weight is 372 g/mol. The molecule has 1 N–H and O–H groups in total. The average Bonchev–Trinajstić information content (AvgIpc) is 2.70. The Labute approximate surface area is 125 Å². The predicted molar refractivity (Wildman–Crippen MR) is 82.7 cm³/mol. The summed E-state index contributed by atoms with van der Waals surface area (Å²) in [5.74, 6) is 0. The molecule has 3 rings (SSSR count). The lowest BCUT2D eigenvalue weighted by Gasteiger charge is -2.44. The largest absolute Gasteiger partial charge is 0.366 e. The maximum atomic E-state index is 3.92. The Kier molecular flexibility index (Phi) is 3.28. The molecule has 0 amide bonds. The number of benzene rings is 1. The van der Waals surface area contributed by atoms with Crippen molar-refractivity contribution in [3.05, 3.63) is 39.3 Å². The highest BCUT2D eigenvalue weighted by atomic mass is 79.9. The van der Waals surface area contributed by atoms with Crippen LogP contribution < -0.4 is 5.32 Å². The van der Waals surface area contributed by atoms with Crippen molar-refractivity contribution < 1.29 is 0 Å². The third-order valence-electron chi connectivity index (χ3n) is 3.96. The van der Waals surface area contributed by atoms with Gasteiger partial charge in [0.2, 0.25) is 0 Å². The van der Waals surface area contributed by atoms with E-state index in [-0.39, 0.29) is 5.66 Å². The van der Waals surface area contributed by atoms with E-state index >= 15 is 0 Å². The van der Waals surface area contributed by atoms with E-state index in [1.165, 1.54) is 30.6 Å². The van der Waals surface area contributed by atoms with Crippen molar-refractivity contribution >= 4 is 37.5 Å². The van der Waals surface area contributed by atoms with Crippen LogP contribution in [0.2, 0.25) is 0 Å². The molecule has 2 heterocycles. The van der Waals surface area contributed by atoms with Crippen LogP contribution in [0.3, 0.4) is 0 Å². The molecule has 18 heavy (non-hydrogen) atoms. The van der Waals surface area contributed by atoms with Crippen LogP contribution >= 0.6 is 31.9 Å². The maximum absolute atomic E-state index is 3.92. The molecule has 4 heteroatoms. The molecule has 0 aromatic heterocycles. The van der Waals surface area contributed by atoms with Gasteiger partial charge in [0, 0.05) is 28.5 Å². The first-order valence-corrected chi connectivity index (χ1v) is 7.85. The van der Waals surface area contributed by atoms with Crippen LogP contribution in [0.4, 0.5) is 5.69 Å². The third kappa shape index (κ3) is 1.95. The fourth-order valence-corrected chi connectivity index (χ4v) is 4.57. The molecule has 0 saturated carbocycles. The molecule has 0 bridgehead atoms. The van der Waals surface area contributed by atoms with Crippen molar-refractivity contribution in [2.45, 2.75) is 31.5 Å². The summed E-state index contributed by atoms with van der Waals surface area (Å²) in [6, 6.07) is 4.32. The number of nitrogens with one attached hydrogen (secondary N) is 1. The van der Waals surface area contributed by atoms with E-state index in [0.717, 1.165) is 21.9 Å². The molecular weight excluding hydrogens is 356 g/mol. The van der Waals surface area contributed by atoms with E-state index < -0.39 is 0 Å². The molecule has 96 valence electrons. The van der Waals surface area contributed by atoms with Gasteiger partial charge < -0.3 is 5.32 Å². The van der Waals surface area contributed by atoms with Gasteiger partial charge >= 0.3 is 0 Å². The summed E-state index contributed by atoms with van der Waals surface area (Å²) in [7, 11) is 0. The molecule has 0 aliphatic carbocycles. The molecule has 1 atom stereocenters. The topological polar surface area (TPSA) is 15.3 Å². The van der Waals surface area contributed by atoms with Crippen molar-refractivity contribution in [3.63, 3.8) is 0 Å². The summed E-state index contributed by atoms with van der Waals surface area (Å²) in [5, 5.41) is 3.76. The van der Waals surface area contributed by atoms with Gasteiger partial charge in [0.05, 0.1) is 11.4 Å². The Hall–Kier alpha value is -0.320. The highest BCUT2D eigenvalue weighted by molar-refractivity contribution is 9.11. The number of halogens is 2. The van der Waals surface area contributed by atoms with Gasteiger partial charge in [-0.3, -0.25) is 4.90 Å². The van der Waals surface area contributed by atoms with E-state index in [1.807, 2.05) is 6.08 Å². The molecule has 2 nitrogen and oxygen atoms in total. The van der Waals surface area contributed by atoms with Crippen LogP contribution in [-0.4, -0.2) is 17.1 Å². The quantitative estimate of drug-likeness (QED) is 0.769. The monoisotopic (exact) mass is 370 g/mol. The molecule has 0 radical (unpaired) electrons. The lowest BCUT2D eigenvalue weighted by atomic mass is 9.97. The van der Waals surface area contributed by atoms with Gasteiger partial charge in [0.25, 0.3) is 0 Å². The van der Waals surface area contributed by atoms with Gasteiger partial charge in [0.15, 0.2) is 0 Å². The van der Waals surface area contributed by atoms with Gasteiger partial charge in [-0.1, -0.05) is 22.0 Å². The first kappa shape index (κ1) is 12.7. The van der Waals surface area contributed by atoms with E-state index in [9.17, 15) is 0 Å². The van der Waals surface area contributed by atoms with Gasteiger partial charge in [-0.2, -0.15) is 0 Å². The molecule has 1 fully saturated rings. The second kappa shape index (κ2) is 4.66. The Morgan fingerprint density at radius 3 is 3.06 bits per heavy atom. The standard InChI is InChI=1S/C14H16Br2N2/c1-2-4-14-5-3-6-18(14)9-10-7-11(15)8-12(16)13(10)17-14/h2,7-8,17H,1,3-6,9H2.